The zero-order valence-corrected chi connectivity index (χ0v) is 12.3. The molecule has 2 rings (SSSR count). The van der Waals surface area contributed by atoms with Crippen LogP contribution >= 0.6 is 11.3 Å². The lowest BCUT2D eigenvalue weighted by Crippen LogP contribution is -2.31. The van der Waals surface area contributed by atoms with E-state index in [9.17, 15) is 0 Å². The maximum absolute atomic E-state index is 9.00. The van der Waals surface area contributed by atoms with E-state index in [1.54, 1.807) is 0 Å². The standard InChI is InChI=1S/C16H21NOS/c1-16(2,15-4-3-9-19-15)12-17-10-13-5-7-14(11-18)8-6-13/h3-9,17-18H,10-12H2,1-2H3. The van der Waals surface area contributed by atoms with Crippen LogP contribution in [-0.2, 0) is 18.6 Å². The highest BCUT2D eigenvalue weighted by molar-refractivity contribution is 7.10. The Hall–Kier alpha value is -1.16. The molecule has 0 aliphatic heterocycles. The van der Waals surface area contributed by atoms with E-state index in [0.717, 1.165) is 18.7 Å². The summed E-state index contributed by atoms with van der Waals surface area (Å²) in [6.07, 6.45) is 0. The second-order valence-corrected chi connectivity index (χ2v) is 6.39. The van der Waals surface area contributed by atoms with Gasteiger partial charge in [-0.1, -0.05) is 44.2 Å². The van der Waals surface area contributed by atoms with Crippen molar-refractivity contribution < 1.29 is 5.11 Å². The van der Waals surface area contributed by atoms with Crippen LogP contribution in [0.2, 0.25) is 0 Å². The first-order valence-corrected chi connectivity index (χ1v) is 7.43. The Morgan fingerprint density at radius 3 is 2.37 bits per heavy atom. The lowest BCUT2D eigenvalue weighted by atomic mass is 9.91. The van der Waals surface area contributed by atoms with Gasteiger partial charge in [-0.2, -0.15) is 0 Å². The lowest BCUT2D eigenvalue weighted by molar-refractivity contribution is 0.282. The number of thiophene rings is 1. The van der Waals surface area contributed by atoms with Gasteiger partial charge in [0.05, 0.1) is 6.61 Å². The van der Waals surface area contributed by atoms with Crippen LogP contribution < -0.4 is 5.32 Å². The number of rotatable bonds is 6. The van der Waals surface area contributed by atoms with E-state index in [0.29, 0.717) is 0 Å². The second kappa shape index (κ2) is 6.33. The van der Waals surface area contributed by atoms with E-state index >= 15 is 0 Å². The zero-order valence-electron chi connectivity index (χ0n) is 11.5. The van der Waals surface area contributed by atoms with Crippen molar-refractivity contribution in [2.45, 2.75) is 32.4 Å². The third kappa shape index (κ3) is 3.90. The molecule has 0 atom stereocenters. The molecular weight excluding hydrogens is 254 g/mol. The van der Waals surface area contributed by atoms with Crippen molar-refractivity contribution in [3.05, 3.63) is 57.8 Å². The fourth-order valence-electron chi connectivity index (χ4n) is 2.03. The molecule has 0 fully saturated rings. The molecule has 3 heteroatoms. The van der Waals surface area contributed by atoms with Gasteiger partial charge < -0.3 is 10.4 Å². The van der Waals surface area contributed by atoms with Crippen molar-refractivity contribution in [3.8, 4) is 0 Å². The molecule has 19 heavy (non-hydrogen) atoms. The highest BCUT2D eigenvalue weighted by Crippen LogP contribution is 2.26. The number of hydrogen-bond donors (Lipinski definition) is 2. The van der Waals surface area contributed by atoms with E-state index in [1.807, 2.05) is 23.5 Å². The molecule has 0 amide bonds. The van der Waals surface area contributed by atoms with Gasteiger partial charge >= 0.3 is 0 Å². The van der Waals surface area contributed by atoms with Gasteiger partial charge in [-0.25, -0.2) is 0 Å². The predicted molar refractivity (Wildman–Crippen MR) is 81.4 cm³/mol. The third-order valence-corrected chi connectivity index (χ3v) is 4.53. The smallest absolute Gasteiger partial charge is 0.0681 e. The van der Waals surface area contributed by atoms with Crippen molar-refractivity contribution in [2.75, 3.05) is 6.54 Å². The molecule has 0 unspecified atom stereocenters. The first-order valence-electron chi connectivity index (χ1n) is 6.55. The van der Waals surface area contributed by atoms with Crippen LogP contribution in [0.5, 0.6) is 0 Å². The first kappa shape index (κ1) is 14.3. The molecule has 0 spiro atoms. The summed E-state index contributed by atoms with van der Waals surface area (Å²) >= 11 is 1.81. The van der Waals surface area contributed by atoms with E-state index in [-0.39, 0.29) is 12.0 Å². The lowest BCUT2D eigenvalue weighted by Gasteiger charge is -2.23. The maximum atomic E-state index is 9.00. The molecule has 102 valence electrons. The SMILES string of the molecule is CC(C)(CNCc1ccc(CO)cc1)c1cccs1. The molecule has 0 saturated carbocycles. The summed E-state index contributed by atoms with van der Waals surface area (Å²) in [6, 6.07) is 12.4. The van der Waals surface area contributed by atoms with Crippen LogP contribution in [-0.4, -0.2) is 11.7 Å². The number of benzene rings is 1. The second-order valence-electron chi connectivity index (χ2n) is 5.44. The molecule has 2 N–H and O–H groups in total. The van der Waals surface area contributed by atoms with Crippen molar-refractivity contribution in [1.29, 1.82) is 0 Å². The highest BCUT2D eigenvalue weighted by atomic mass is 32.1. The maximum Gasteiger partial charge on any atom is 0.0681 e. The Bertz CT molecular complexity index is 488. The summed E-state index contributed by atoms with van der Waals surface area (Å²) < 4.78 is 0. The van der Waals surface area contributed by atoms with Gasteiger partial charge in [0.15, 0.2) is 0 Å². The molecule has 1 aromatic carbocycles. The summed E-state index contributed by atoms with van der Waals surface area (Å²) in [4.78, 5) is 1.41. The van der Waals surface area contributed by atoms with E-state index in [2.05, 4.69) is 48.8 Å². The minimum Gasteiger partial charge on any atom is -0.392 e. The van der Waals surface area contributed by atoms with E-state index in [4.69, 9.17) is 5.11 Å². The normalized spacial score (nSPS) is 11.7. The molecule has 0 bridgehead atoms. The van der Waals surface area contributed by atoms with Crippen molar-refractivity contribution in [2.24, 2.45) is 0 Å². The Labute approximate surface area is 119 Å². The number of hydrogen-bond acceptors (Lipinski definition) is 3. The molecule has 1 heterocycles. The molecule has 0 radical (unpaired) electrons. The van der Waals surface area contributed by atoms with Gasteiger partial charge in [0, 0.05) is 23.4 Å². The van der Waals surface area contributed by atoms with Crippen LogP contribution in [0.25, 0.3) is 0 Å². The molecule has 2 aromatic rings. The fourth-order valence-corrected chi connectivity index (χ4v) is 2.88. The molecule has 0 aliphatic rings. The molecule has 2 nitrogen and oxygen atoms in total. The Kier molecular flexibility index (Phi) is 4.75. The van der Waals surface area contributed by atoms with Crippen molar-refractivity contribution >= 4 is 11.3 Å². The number of aliphatic hydroxyl groups is 1. The van der Waals surface area contributed by atoms with Gasteiger partial charge in [0.1, 0.15) is 0 Å². The minimum atomic E-state index is 0.110. The number of nitrogens with one attached hydrogen (secondary N) is 1. The monoisotopic (exact) mass is 275 g/mol. The van der Waals surface area contributed by atoms with Gasteiger partial charge in [-0.15, -0.1) is 11.3 Å². The Morgan fingerprint density at radius 1 is 1.11 bits per heavy atom. The Morgan fingerprint density at radius 2 is 1.79 bits per heavy atom. The van der Waals surface area contributed by atoms with Crippen LogP contribution in [0.3, 0.4) is 0 Å². The fraction of sp³-hybridized carbons (Fsp3) is 0.375. The highest BCUT2D eigenvalue weighted by Gasteiger charge is 2.20. The summed E-state index contributed by atoms with van der Waals surface area (Å²) in [7, 11) is 0. The number of aliphatic hydroxyl groups excluding tert-OH is 1. The molecule has 1 aromatic heterocycles. The minimum absolute atomic E-state index is 0.110. The van der Waals surface area contributed by atoms with Crippen LogP contribution in [0.1, 0.15) is 29.9 Å². The van der Waals surface area contributed by atoms with E-state index < -0.39 is 0 Å². The van der Waals surface area contributed by atoms with Crippen LogP contribution in [0.15, 0.2) is 41.8 Å². The topological polar surface area (TPSA) is 32.3 Å². The zero-order chi connectivity index (χ0) is 13.7. The van der Waals surface area contributed by atoms with E-state index in [1.165, 1.54) is 10.4 Å². The quantitative estimate of drug-likeness (QED) is 0.847. The van der Waals surface area contributed by atoms with Crippen molar-refractivity contribution in [1.82, 2.24) is 5.32 Å². The molecular formula is C16H21NOS. The van der Waals surface area contributed by atoms with Gasteiger partial charge in [0.2, 0.25) is 0 Å². The largest absolute Gasteiger partial charge is 0.392 e. The average molecular weight is 275 g/mol. The average Bonchev–Trinajstić information content (AvgIpc) is 2.94. The Balaban J connectivity index is 1.86. The predicted octanol–water partition coefficient (Wildman–Crippen LogP) is 3.31. The summed E-state index contributed by atoms with van der Waals surface area (Å²) in [5.74, 6) is 0. The van der Waals surface area contributed by atoms with Crippen LogP contribution in [0, 0.1) is 0 Å². The molecule has 0 saturated heterocycles. The summed E-state index contributed by atoms with van der Waals surface area (Å²) in [5.41, 5.74) is 2.38. The van der Waals surface area contributed by atoms with Crippen LogP contribution in [0.4, 0.5) is 0 Å². The van der Waals surface area contributed by atoms with Gasteiger partial charge in [-0.05, 0) is 22.6 Å². The first-order chi connectivity index (χ1) is 9.12. The van der Waals surface area contributed by atoms with Crippen molar-refractivity contribution in [3.63, 3.8) is 0 Å². The van der Waals surface area contributed by atoms with Gasteiger partial charge in [0.25, 0.3) is 0 Å². The summed E-state index contributed by atoms with van der Waals surface area (Å²) in [5, 5.41) is 14.6. The third-order valence-electron chi connectivity index (χ3n) is 3.29. The summed E-state index contributed by atoms with van der Waals surface area (Å²) in [6.45, 7) is 6.45. The van der Waals surface area contributed by atoms with Gasteiger partial charge in [-0.3, -0.25) is 0 Å². The molecule has 0 aliphatic carbocycles.